The molecule has 1 aliphatic heterocycles. The minimum atomic E-state index is -2.13. The van der Waals surface area contributed by atoms with Crippen molar-refractivity contribution < 1.29 is 19.4 Å². The number of hydrogen-bond donors (Lipinski definition) is 1. The van der Waals surface area contributed by atoms with E-state index in [0.29, 0.717) is 0 Å². The summed E-state index contributed by atoms with van der Waals surface area (Å²) in [5.74, 6) is -1.06. The van der Waals surface area contributed by atoms with Gasteiger partial charge in [0.1, 0.15) is 5.60 Å². The maximum atomic E-state index is 13.7. The lowest BCUT2D eigenvalue weighted by molar-refractivity contribution is -0.169. The number of carbonyl (C=O) groups excluding carboxylic acids is 2. The van der Waals surface area contributed by atoms with Gasteiger partial charge in [-0.25, -0.2) is 0 Å². The lowest BCUT2D eigenvalue weighted by Crippen LogP contribution is -2.52. The molecule has 0 bridgehead atoms. The second-order valence-corrected chi connectivity index (χ2v) is 17.9. The fourth-order valence-electron chi connectivity index (χ4n) is 4.23. The second-order valence-electron chi connectivity index (χ2n) is 12.2. The third-order valence-corrected chi connectivity index (χ3v) is 13.5. The van der Waals surface area contributed by atoms with Crippen LogP contribution in [0, 0.1) is 11.3 Å². The largest absolute Gasteiger partial charge is 0.459 e. The van der Waals surface area contributed by atoms with Gasteiger partial charge in [0.25, 0.3) is 0 Å². The Kier molecular flexibility index (Phi) is 7.43. The molecular formula is C26H43NO4Si. The molecule has 0 saturated carbocycles. The Hall–Kier alpha value is -1.66. The minimum absolute atomic E-state index is 0.0343. The molecule has 1 aromatic rings. The van der Waals surface area contributed by atoms with Crippen LogP contribution in [0.4, 0.5) is 0 Å². The molecule has 2 unspecified atom stereocenters. The van der Waals surface area contributed by atoms with Gasteiger partial charge in [0.2, 0.25) is 5.91 Å². The predicted octanol–water partition coefficient (Wildman–Crippen LogP) is 5.35. The molecule has 1 fully saturated rings. The van der Waals surface area contributed by atoms with Gasteiger partial charge in [-0.3, -0.25) is 9.59 Å². The van der Waals surface area contributed by atoms with Crippen molar-refractivity contribution in [2.45, 2.75) is 97.3 Å². The Bertz CT molecular complexity index is 824. The van der Waals surface area contributed by atoms with E-state index in [2.05, 4.69) is 33.9 Å². The molecule has 1 aliphatic rings. The highest BCUT2D eigenvalue weighted by Crippen LogP contribution is 2.47. The van der Waals surface area contributed by atoms with Crippen molar-refractivity contribution in [2.75, 3.05) is 6.54 Å². The molecule has 1 saturated heterocycles. The average Bonchev–Trinajstić information content (AvgIpc) is 2.92. The lowest BCUT2D eigenvalue weighted by Gasteiger charge is -2.42. The molecule has 1 heterocycles. The first-order valence-electron chi connectivity index (χ1n) is 11.7. The maximum Gasteiger partial charge on any atom is 0.314 e. The minimum Gasteiger partial charge on any atom is -0.459 e. The molecule has 180 valence electrons. The molecule has 1 aromatic carbocycles. The molecule has 0 aliphatic carbocycles. The summed E-state index contributed by atoms with van der Waals surface area (Å²) in [4.78, 5) is 28.9. The summed E-state index contributed by atoms with van der Waals surface area (Å²) < 4.78 is 5.78. The van der Waals surface area contributed by atoms with Crippen LogP contribution in [0.5, 0.6) is 0 Å². The standard InChI is InChI=1S/C26H43NO4Si/c1-18(19-14-12-11-13-15-19)27-17-26(8,23(30)31-24(2,3)4)20(22(27)29)16-21(28)32(9,10)25(5,6)7/h11-15,18,20-21,28H,16-17H2,1-10H3/t18-,20?,21?,26-/m1/s1. The number of carbonyl (C=O) groups is 2. The number of likely N-dealkylation sites (tertiary alicyclic amines) is 1. The van der Waals surface area contributed by atoms with Crippen LogP contribution in [-0.2, 0) is 14.3 Å². The number of benzene rings is 1. The number of rotatable bonds is 6. The zero-order chi connectivity index (χ0) is 24.7. The summed E-state index contributed by atoms with van der Waals surface area (Å²) in [5, 5.41) is 11.3. The van der Waals surface area contributed by atoms with Crippen LogP contribution in [0.2, 0.25) is 18.1 Å². The monoisotopic (exact) mass is 461 g/mol. The lowest BCUT2D eigenvalue weighted by atomic mass is 9.77. The van der Waals surface area contributed by atoms with E-state index in [4.69, 9.17) is 4.74 Å². The van der Waals surface area contributed by atoms with Gasteiger partial charge in [-0.15, -0.1) is 0 Å². The maximum absolute atomic E-state index is 13.7. The first-order valence-corrected chi connectivity index (χ1v) is 14.8. The van der Waals surface area contributed by atoms with Gasteiger partial charge >= 0.3 is 5.97 Å². The van der Waals surface area contributed by atoms with E-state index in [1.54, 1.807) is 4.90 Å². The van der Waals surface area contributed by atoms with Gasteiger partial charge in [0.15, 0.2) is 0 Å². The zero-order valence-electron chi connectivity index (χ0n) is 21.7. The smallest absolute Gasteiger partial charge is 0.314 e. The van der Waals surface area contributed by atoms with Crippen molar-refractivity contribution in [3.8, 4) is 0 Å². The Balaban J connectivity index is 2.44. The van der Waals surface area contributed by atoms with Crippen molar-refractivity contribution in [3.63, 3.8) is 0 Å². The molecule has 2 rings (SSSR count). The van der Waals surface area contributed by atoms with Gasteiger partial charge in [0.05, 0.1) is 25.4 Å². The second kappa shape index (κ2) is 8.94. The first kappa shape index (κ1) is 26.6. The summed E-state index contributed by atoms with van der Waals surface area (Å²) in [6, 6.07) is 9.70. The topological polar surface area (TPSA) is 66.8 Å². The normalized spacial score (nSPS) is 24.4. The van der Waals surface area contributed by atoms with Crippen LogP contribution >= 0.6 is 0 Å². The molecule has 5 nitrogen and oxygen atoms in total. The van der Waals surface area contributed by atoms with Crippen LogP contribution in [-0.4, -0.2) is 47.8 Å². The molecule has 4 atom stereocenters. The Morgan fingerprint density at radius 3 is 2.19 bits per heavy atom. The number of esters is 1. The van der Waals surface area contributed by atoms with Gasteiger partial charge in [-0.1, -0.05) is 64.2 Å². The van der Waals surface area contributed by atoms with E-state index in [0.717, 1.165) is 5.56 Å². The van der Waals surface area contributed by atoms with Gasteiger partial charge in [-0.2, -0.15) is 0 Å². The molecule has 6 heteroatoms. The van der Waals surface area contributed by atoms with Crippen molar-refractivity contribution >= 4 is 20.0 Å². The molecule has 0 radical (unpaired) electrons. The summed E-state index contributed by atoms with van der Waals surface area (Å²) in [6.07, 6.45) is 0.281. The van der Waals surface area contributed by atoms with Crippen molar-refractivity contribution in [2.24, 2.45) is 11.3 Å². The van der Waals surface area contributed by atoms with Crippen LogP contribution < -0.4 is 0 Å². The van der Waals surface area contributed by atoms with Gasteiger partial charge in [0, 0.05) is 12.3 Å². The summed E-state index contributed by atoms with van der Waals surface area (Å²) in [6.45, 7) is 20.4. The highest BCUT2D eigenvalue weighted by molar-refractivity contribution is 6.81. The van der Waals surface area contributed by atoms with Crippen LogP contribution in [0.3, 0.4) is 0 Å². The molecular weight excluding hydrogens is 418 g/mol. The first-order chi connectivity index (χ1) is 14.4. The number of amides is 1. The van der Waals surface area contributed by atoms with Crippen molar-refractivity contribution in [1.82, 2.24) is 4.90 Å². The van der Waals surface area contributed by atoms with Gasteiger partial charge in [-0.05, 0) is 51.6 Å². The van der Waals surface area contributed by atoms with E-state index in [-0.39, 0.29) is 35.9 Å². The number of aliphatic hydroxyl groups is 1. The molecule has 1 amide bonds. The summed E-state index contributed by atoms with van der Waals surface area (Å²) >= 11 is 0. The number of ether oxygens (including phenoxy) is 1. The number of nitrogens with zero attached hydrogens (tertiary/aromatic N) is 1. The van der Waals surface area contributed by atoms with E-state index in [1.807, 2.05) is 65.0 Å². The predicted molar refractivity (Wildman–Crippen MR) is 132 cm³/mol. The van der Waals surface area contributed by atoms with E-state index in [9.17, 15) is 14.7 Å². The SMILES string of the molecule is C[C@H](c1ccccc1)N1C[C@@](C)(C(=O)OC(C)(C)C)C(CC(O)[Si](C)(C)C(C)(C)C)C1=O. The average molecular weight is 462 g/mol. The highest BCUT2D eigenvalue weighted by Gasteiger charge is 2.58. The highest BCUT2D eigenvalue weighted by atomic mass is 28.3. The molecule has 32 heavy (non-hydrogen) atoms. The molecule has 0 spiro atoms. The zero-order valence-corrected chi connectivity index (χ0v) is 22.7. The fourth-order valence-corrected chi connectivity index (χ4v) is 6.06. The number of aliphatic hydroxyl groups excluding tert-OH is 1. The Labute approximate surface area is 195 Å². The number of hydrogen-bond acceptors (Lipinski definition) is 4. The third kappa shape index (κ3) is 5.28. The van der Waals surface area contributed by atoms with E-state index >= 15 is 0 Å². The van der Waals surface area contributed by atoms with Crippen LogP contribution in [0.1, 0.15) is 73.4 Å². The Morgan fingerprint density at radius 2 is 1.72 bits per heavy atom. The van der Waals surface area contributed by atoms with E-state index < -0.39 is 30.7 Å². The van der Waals surface area contributed by atoms with Crippen molar-refractivity contribution in [3.05, 3.63) is 35.9 Å². The summed E-state index contributed by atoms with van der Waals surface area (Å²) in [5.41, 5.74) is -1.25. The quantitative estimate of drug-likeness (QED) is 0.458. The van der Waals surface area contributed by atoms with E-state index in [1.165, 1.54) is 0 Å². The van der Waals surface area contributed by atoms with Crippen LogP contribution in [0.15, 0.2) is 30.3 Å². The summed E-state index contributed by atoms with van der Waals surface area (Å²) in [7, 11) is -2.13. The fraction of sp³-hybridized carbons (Fsp3) is 0.692. The molecule has 0 aromatic heterocycles. The Morgan fingerprint density at radius 1 is 1.19 bits per heavy atom. The van der Waals surface area contributed by atoms with Gasteiger partial charge < -0.3 is 14.7 Å². The third-order valence-electron chi connectivity index (χ3n) is 7.69. The van der Waals surface area contributed by atoms with Crippen molar-refractivity contribution in [1.29, 1.82) is 0 Å². The van der Waals surface area contributed by atoms with Crippen LogP contribution in [0.25, 0.3) is 0 Å². The molecule has 1 N–H and O–H groups in total.